The topological polar surface area (TPSA) is 24.9 Å². The summed E-state index contributed by atoms with van der Waals surface area (Å²) in [6.07, 6.45) is 8.49. The first-order chi connectivity index (χ1) is 7.83. The van der Waals surface area contributed by atoms with Gasteiger partial charge in [0.05, 0.1) is 5.02 Å². The van der Waals surface area contributed by atoms with Crippen molar-refractivity contribution in [2.24, 2.45) is 11.8 Å². The lowest BCUT2D eigenvalue weighted by Gasteiger charge is -2.25. The molecule has 3 heteroatoms. The Morgan fingerprint density at radius 1 is 1.38 bits per heavy atom. The number of nitrogens with one attached hydrogen (secondary N) is 1. The Bertz CT molecular complexity index is 428. The molecule has 0 unspecified atom stereocenters. The van der Waals surface area contributed by atoms with Gasteiger partial charge in [0, 0.05) is 18.9 Å². The van der Waals surface area contributed by atoms with E-state index in [1.807, 2.05) is 12.3 Å². The van der Waals surface area contributed by atoms with Crippen molar-refractivity contribution < 1.29 is 0 Å². The highest BCUT2D eigenvalue weighted by atomic mass is 35.5. The van der Waals surface area contributed by atoms with Gasteiger partial charge in [-0.25, -0.2) is 0 Å². The number of pyridine rings is 1. The second kappa shape index (κ2) is 4.19. The number of fused-ring (bicyclic) bond motifs is 1. The second-order valence-electron chi connectivity index (χ2n) is 4.70. The first kappa shape index (κ1) is 10.3. The van der Waals surface area contributed by atoms with Gasteiger partial charge >= 0.3 is 0 Å². The van der Waals surface area contributed by atoms with Gasteiger partial charge in [0.15, 0.2) is 0 Å². The Morgan fingerprint density at radius 2 is 2.31 bits per heavy atom. The zero-order valence-electron chi connectivity index (χ0n) is 9.12. The lowest BCUT2D eigenvalue weighted by atomic mass is 9.89. The predicted octanol–water partition coefficient (Wildman–Crippen LogP) is 2.75. The largest absolute Gasteiger partial charge is 0.316 e. The van der Waals surface area contributed by atoms with Crippen LogP contribution < -0.4 is 5.32 Å². The molecule has 84 valence electrons. The maximum atomic E-state index is 5.97. The maximum Gasteiger partial charge on any atom is 0.0595 e. The van der Waals surface area contributed by atoms with Gasteiger partial charge in [0.2, 0.25) is 0 Å². The molecule has 16 heavy (non-hydrogen) atoms. The molecular formula is C13H15ClN2. The standard InChI is InChI=1S/C13H15ClN2/c14-13-5-12(7-16-8-13)10-3-9-1-2-15-6-11(9)4-10/h4-5,7-9,11,15H,1-3,6H2/t9-,11-/m1/s1. The SMILES string of the molecule is Clc1cncc(C2=C[C@@H]3CNCC[C@@H]3C2)c1. The molecule has 2 heterocycles. The quantitative estimate of drug-likeness (QED) is 0.808. The zero-order valence-corrected chi connectivity index (χ0v) is 9.87. The summed E-state index contributed by atoms with van der Waals surface area (Å²) in [7, 11) is 0. The van der Waals surface area contributed by atoms with Gasteiger partial charge in [-0.2, -0.15) is 0 Å². The van der Waals surface area contributed by atoms with Crippen LogP contribution in [-0.2, 0) is 0 Å². The van der Waals surface area contributed by atoms with E-state index in [2.05, 4.69) is 16.4 Å². The number of halogens is 1. The van der Waals surface area contributed by atoms with Gasteiger partial charge in [-0.05, 0) is 48.4 Å². The average Bonchev–Trinajstić information content (AvgIpc) is 2.72. The molecule has 0 aromatic carbocycles. The number of piperidine rings is 1. The molecule has 1 N–H and O–H groups in total. The third-order valence-corrected chi connectivity index (χ3v) is 3.86. The molecule has 1 saturated heterocycles. The van der Waals surface area contributed by atoms with Crippen LogP contribution in [0.5, 0.6) is 0 Å². The minimum Gasteiger partial charge on any atom is -0.316 e. The van der Waals surface area contributed by atoms with E-state index in [-0.39, 0.29) is 0 Å². The molecule has 0 bridgehead atoms. The minimum atomic E-state index is 0.711. The van der Waals surface area contributed by atoms with Crippen LogP contribution in [0, 0.1) is 11.8 Å². The molecule has 0 saturated carbocycles. The van der Waals surface area contributed by atoms with Gasteiger partial charge in [0.25, 0.3) is 0 Å². The smallest absolute Gasteiger partial charge is 0.0595 e. The zero-order chi connectivity index (χ0) is 11.0. The van der Waals surface area contributed by atoms with Crippen LogP contribution in [0.3, 0.4) is 0 Å². The molecule has 3 rings (SSSR count). The molecule has 1 aliphatic carbocycles. The van der Waals surface area contributed by atoms with E-state index in [1.54, 1.807) is 6.20 Å². The number of allylic oxidation sites excluding steroid dienone is 1. The molecule has 1 aliphatic heterocycles. The van der Waals surface area contributed by atoms with Crippen molar-refractivity contribution in [2.75, 3.05) is 13.1 Å². The molecule has 0 spiro atoms. The Labute approximate surface area is 101 Å². The van der Waals surface area contributed by atoms with Crippen molar-refractivity contribution >= 4 is 17.2 Å². The summed E-state index contributed by atoms with van der Waals surface area (Å²) in [5.74, 6) is 1.54. The molecule has 2 aliphatic rings. The highest BCUT2D eigenvalue weighted by Crippen LogP contribution is 2.39. The lowest BCUT2D eigenvalue weighted by Crippen LogP contribution is -2.33. The van der Waals surface area contributed by atoms with Gasteiger partial charge in [-0.3, -0.25) is 4.98 Å². The number of hydrogen-bond acceptors (Lipinski definition) is 2. The van der Waals surface area contributed by atoms with Crippen molar-refractivity contribution in [2.45, 2.75) is 12.8 Å². The number of nitrogens with zero attached hydrogens (tertiary/aromatic N) is 1. The molecular weight excluding hydrogens is 220 g/mol. The highest BCUT2D eigenvalue weighted by Gasteiger charge is 2.30. The Balaban J connectivity index is 1.86. The van der Waals surface area contributed by atoms with E-state index >= 15 is 0 Å². The van der Waals surface area contributed by atoms with Crippen LogP contribution in [0.25, 0.3) is 5.57 Å². The van der Waals surface area contributed by atoms with E-state index in [0.717, 1.165) is 24.0 Å². The summed E-state index contributed by atoms with van der Waals surface area (Å²) in [6.45, 7) is 2.29. The van der Waals surface area contributed by atoms with Gasteiger partial charge < -0.3 is 5.32 Å². The van der Waals surface area contributed by atoms with Crippen LogP contribution in [0.15, 0.2) is 24.5 Å². The summed E-state index contributed by atoms with van der Waals surface area (Å²) in [4.78, 5) is 4.16. The third kappa shape index (κ3) is 1.87. The molecule has 2 atom stereocenters. The molecule has 1 aromatic rings. The fourth-order valence-electron chi connectivity index (χ4n) is 2.80. The third-order valence-electron chi connectivity index (χ3n) is 3.65. The molecule has 0 radical (unpaired) electrons. The van der Waals surface area contributed by atoms with Crippen molar-refractivity contribution in [3.05, 3.63) is 35.1 Å². The summed E-state index contributed by atoms with van der Waals surface area (Å²) in [5, 5.41) is 4.18. The normalized spacial score (nSPS) is 28.7. The van der Waals surface area contributed by atoms with E-state index in [1.165, 1.54) is 24.0 Å². The first-order valence-corrected chi connectivity index (χ1v) is 6.23. The van der Waals surface area contributed by atoms with Crippen molar-refractivity contribution in [3.63, 3.8) is 0 Å². The number of rotatable bonds is 1. The molecule has 0 amide bonds. The van der Waals surface area contributed by atoms with Crippen molar-refractivity contribution in [3.8, 4) is 0 Å². The number of aromatic nitrogens is 1. The summed E-state index contributed by atoms with van der Waals surface area (Å²) >= 11 is 5.97. The predicted molar refractivity (Wildman–Crippen MR) is 66.3 cm³/mol. The Morgan fingerprint density at radius 3 is 3.12 bits per heavy atom. The summed E-state index contributed by atoms with van der Waals surface area (Å²) in [5.41, 5.74) is 2.62. The molecule has 1 aromatic heterocycles. The van der Waals surface area contributed by atoms with E-state index < -0.39 is 0 Å². The Kier molecular flexibility index (Phi) is 2.70. The molecule has 2 nitrogen and oxygen atoms in total. The van der Waals surface area contributed by atoms with Crippen LogP contribution in [0.4, 0.5) is 0 Å². The van der Waals surface area contributed by atoms with Gasteiger partial charge in [0.1, 0.15) is 0 Å². The number of hydrogen-bond donors (Lipinski definition) is 1. The Hall–Kier alpha value is -0.860. The van der Waals surface area contributed by atoms with E-state index in [0.29, 0.717) is 5.92 Å². The van der Waals surface area contributed by atoms with Crippen LogP contribution >= 0.6 is 11.6 Å². The van der Waals surface area contributed by atoms with Crippen LogP contribution in [0.2, 0.25) is 5.02 Å². The average molecular weight is 235 g/mol. The second-order valence-corrected chi connectivity index (χ2v) is 5.14. The van der Waals surface area contributed by atoms with E-state index in [4.69, 9.17) is 11.6 Å². The fraction of sp³-hybridized carbons (Fsp3) is 0.462. The van der Waals surface area contributed by atoms with Gasteiger partial charge in [-0.15, -0.1) is 0 Å². The molecule has 1 fully saturated rings. The van der Waals surface area contributed by atoms with Crippen molar-refractivity contribution in [1.82, 2.24) is 10.3 Å². The minimum absolute atomic E-state index is 0.711. The highest BCUT2D eigenvalue weighted by molar-refractivity contribution is 6.30. The summed E-state index contributed by atoms with van der Waals surface area (Å²) < 4.78 is 0. The van der Waals surface area contributed by atoms with Crippen LogP contribution in [0.1, 0.15) is 18.4 Å². The lowest BCUT2D eigenvalue weighted by molar-refractivity contribution is 0.323. The fourth-order valence-corrected chi connectivity index (χ4v) is 2.97. The van der Waals surface area contributed by atoms with E-state index in [9.17, 15) is 0 Å². The first-order valence-electron chi connectivity index (χ1n) is 5.85. The van der Waals surface area contributed by atoms with Crippen molar-refractivity contribution in [1.29, 1.82) is 0 Å². The van der Waals surface area contributed by atoms with Gasteiger partial charge in [-0.1, -0.05) is 17.7 Å². The maximum absolute atomic E-state index is 5.97. The monoisotopic (exact) mass is 234 g/mol. The summed E-state index contributed by atoms with van der Waals surface area (Å²) in [6, 6.07) is 2.02. The van der Waals surface area contributed by atoms with Crippen LogP contribution in [-0.4, -0.2) is 18.1 Å².